The van der Waals surface area contributed by atoms with Crippen molar-refractivity contribution in [3.8, 4) is 10.7 Å². The van der Waals surface area contributed by atoms with Gasteiger partial charge in [-0.05, 0) is 12.1 Å². The van der Waals surface area contributed by atoms with Gasteiger partial charge in [-0.25, -0.2) is 4.98 Å². The molecule has 2 rings (SSSR count). The van der Waals surface area contributed by atoms with Crippen molar-refractivity contribution in [3.63, 3.8) is 0 Å². The van der Waals surface area contributed by atoms with E-state index < -0.39 is 0 Å². The van der Waals surface area contributed by atoms with Crippen molar-refractivity contribution in [3.05, 3.63) is 38.6 Å². The second kappa shape index (κ2) is 4.27. The molecule has 0 radical (unpaired) electrons. The Balaban J connectivity index is 2.57. The lowest BCUT2D eigenvalue weighted by Crippen LogP contribution is -2.19. The quantitative estimate of drug-likeness (QED) is 0.861. The fourth-order valence-corrected chi connectivity index (χ4v) is 2.39. The van der Waals surface area contributed by atoms with Gasteiger partial charge in [-0.1, -0.05) is 32.4 Å². The van der Waals surface area contributed by atoms with Gasteiger partial charge < -0.3 is 4.98 Å². The third kappa shape index (κ3) is 2.76. The minimum atomic E-state index is -0.149. The van der Waals surface area contributed by atoms with E-state index in [0.29, 0.717) is 10.2 Å². The highest BCUT2D eigenvalue weighted by Gasteiger charge is 2.17. The Hall–Kier alpha value is -1.13. The van der Waals surface area contributed by atoms with Crippen LogP contribution in [0.4, 0.5) is 0 Å². The molecule has 2 aromatic heterocycles. The first-order chi connectivity index (χ1) is 7.86. The molecule has 0 saturated carbocycles. The van der Waals surface area contributed by atoms with Crippen molar-refractivity contribution in [1.29, 1.82) is 0 Å². The molecule has 0 unspecified atom stereocenters. The molecule has 5 heteroatoms. The summed E-state index contributed by atoms with van der Waals surface area (Å²) in [4.78, 5) is 19.7. The van der Waals surface area contributed by atoms with Crippen LogP contribution >= 0.6 is 22.9 Å². The van der Waals surface area contributed by atoms with E-state index in [0.717, 1.165) is 10.6 Å². The van der Waals surface area contributed by atoms with Gasteiger partial charge in [-0.2, -0.15) is 0 Å². The highest BCUT2D eigenvalue weighted by molar-refractivity contribution is 7.19. The lowest BCUT2D eigenvalue weighted by atomic mass is 9.92. The van der Waals surface area contributed by atoms with Crippen molar-refractivity contribution in [1.82, 2.24) is 9.97 Å². The molecule has 0 spiro atoms. The Bertz CT molecular complexity index is 595. The van der Waals surface area contributed by atoms with Gasteiger partial charge in [0.05, 0.1) is 14.9 Å². The third-order valence-electron chi connectivity index (χ3n) is 2.32. The SMILES string of the molecule is CC(C)(C)c1cc(=O)[nH]c(-c2ccc(Cl)s2)n1. The average molecular weight is 269 g/mol. The number of nitrogens with one attached hydrogen (secondary N) is 1. The molecule has 90 valence electrons. The van der Waals surface area contributed by atoms with E-state index in [2.05, 4.69) is 9.97 Å². The minimum absolute atomic E-state index is 0.135. The van der Waals surface area contributed by atoms with Gasteiger partial charge in [-0.15, -0.1) is 11.3 Å². The molecule has 0 amide bonds. The molecule has 0 aliphatic carbocycles. The standard InChI is InChI=1S/C12H13ClN2OS/c1-12(2,3)8-6-10(16)15-11(14-8)7-4-5-9(13)17-7/h4-6H,1-3H3,(H,14,15,16). The monoisotopic (exact) mass is 268 g/mol. The fourth-order valence-electron chi connectivity index (χ4n) is 1.40. The maximum Gasteiger partial charge on any atom is 0.251 e. The van der Waals surface area contributed by atoms with Crippen molar-refractivity contribution in [2.75, 3.05) is 0 Å². The predicted molar refractivity (Wildman–Crippen MR) is 71.9 cm³/mol. The van der Waals surface area contributed by atoms with Crippen LogP contribution in [0.5, 0.6) is 0 Å². The molecule has 0 fully saturated rings. The zero-order valence-corrected chi connectivity index (χ0v) is 11.4. The van der Waals surface area contributed by atoms with Crippen molar-refractivity contribution in [2.45, 2.75) is 26.2 Å². The van der Waals surface area contributed by atoms with Crippen LogP contribution in [0.3, 0.4) is 0 Å². The highest BCUT2D eigenvalue weighted by Crippen LogP contribution is 2.29. The molecule has 0 bridgehead atoms. The lowest BCUT2D eigenvalue weighted by Gasteiger charge is -2.17. The summed E-state index contributed by atoms with van der Waals surface area (Å²) in [5.41, 5.74) is 0.495. The molecule has 0 aliphatic heterocycles. The first-order valence-electron chi connectivity index (χ1n) is 5.24. The molecule has 0 aromatic carbocycles. The van der Waals surface area contributed by atoms with E-state index >= 15 is 0 Å². The Kier molecular flexibility index (Phi) is 3.10. The van der Waals surface area contributed by atoms with E-state index in [-0.39, 0.29) is 11.0 Å². The number of aromatic nitrogens is 2. The van der Waals surface area contributed by atoms with Gasteiger partial charge in [0.2, 0.25) is 0 Å². The van der Waals surface area contributed by atoms with Crippen LogP contribution in [0.1, 0.15) is 26.5 Å². The zero-order chi connectivity index (χ0) is 12.6. The summed E-state index contributed by atoms with van der Waals surface area (Å²) in [5, 5.41) is 0. The molecular formula is C12H13ClN2OS. The summed E-state index contributed by atoms with van der Waals surface area (Å²) in [5.74, 6) is 0.583. The van der Waals surface area contributed by atoms with E-state index in [9.17, 15) is 4.79 Å². The number of thiophene rings is 1. The van der Waals surface area contributed by atoms with Crippen LogP contribution in [0.15, 0.2) is 23.0 Å². The number of hydrogen-bond donors (Lipinski definition) is 1. The Morgan fingerprint density at radius 3 is 2.59 bits per heavy atom. The minimum Gasteiger partial charge on any atom is -0.306 e. The second-order valence-corrected chi connectivity index (χ2v) is 6.55. The van der Waals surface area contributed by atoms with Crippen LogP contribution < -0.4 is 5.56 Å². The topological polar surface area (TPSA) is 45.8 Å². The molecule has 1 N–H and O–H groups in total. The molecule has 2 aromatic rings. The van der Waals surface area contributed by atoms with Crippen LogP contribution in [-0.4, -0.2) is 9.97 Å². The van der Waals surface area contributed by atoms with Gasteiger partial charge in [0, 0.05) is 11.5 Å². The van der Waals surface area contributed by atoms with Gasteiger partial charge in [-0.3, -0.25) is 4.79 Å². The number of nitrogens with zero attached hydrogens (tertiary/aromatic N) is 1. The number of H-pyrrole nitrogens is 1. The summed E-state index contributed by atoms with van der Waals surface area (Å²) < 4.78 is 0.684. The molecule has 0 atom stereocenters. The van der Waals surface area contributed by atoms with Gasteiger partial charge in [0.1, 0.15) is 0 Å². The number of rotatable bonds is 1. The molecule has 3 nitrogen and oxygen atoms in total. The number of hydrogen-bond acceptors (Lipinski definition) is 3. The molecule has 17 heavy (non-hydrogen) atoms. The summed E-state index contributed by atoms with van der Waals surface area (Å²) in [6.45, 7) is 6.08. The number of halogens is 1. The molecule has 0 aliphatic rings. The maximum absolute atomic E-state index is 11.6. The van der Waals surface area contributed by atoms with Crippen LogP contribution in [0.2, 0.25) is 4.34 Å². The van der Waals surface area contributed by atoms with Gasteiger partial charge in [0.25, 0.3) is 5.56 Å². The van der Waals surface area contributed by atoms with E-state index in [1.165, 1.54) is 11.3 Å². The molecular weight excluding hydrogens is 256 g/mol. The fraction of sp³-hybridized carbons (Fsp3) is 0.333. The average Bonchev–Trinajstić information content (AvgIpc) is 2.62. The zero-order valence-electron chi connectivity index (χ0n) is 9.87. The summed E-state index contributed by atoms with van der Waals surface area (Å²) >= 11 is 7.28. The smallest absolute Gasteiger partial charge is 0.251 e. The molecule has 0 saturated heterocycles. The summed E-state index contributed by atoms with van der Waals surface area (Å²) in [6.07, 6.45) is 0. The first-order valence-corrected chi connectivity index (χ1v) is 6.43. The first kappa shape index (κ1) is 12.3. The van der Waals surface area contributed by atoms with Crippen molar-refractivity contribution < 1.29 is 0 Å². The van der Waals surface area contributed by atoms with E-state index in [4.69, 9.17) is 11.6 Å². The Morgan fingerprint density at radius 1 is 1.35 bits per heavy atom. The Labute approximate surface area is 108 Å². The van der Waals surface area contributed by atoms with Crippen LogP contribution in [-0.2, 0) is 5.41 Å². The van der Waals surface area contributed by atoms with Crippen LogP contribution in [0, 0.1) is 0 Å². The molecule has 2 heterocycles. The van der Waals surface area contributed by atoms with Gasteiger partial charge >= 0.3 is 0 Å². The number of aromatic amines is 1. The summed E-state index contributed by atoms with van der Waals surface area (Å²) in [7, 11) is 0. The predicted octanol–water partition coefficient (Wildman–Crippen LogP) is 3.45. The lowest BCUT2D eigenvalue weighted by molar-refractivity contribution is 0.566. The largest absolute Gasteiger partial charge is 0.306 e. The highest BCUT2D eigenvalue weighted by atomic mass is 35.5. The normalized spacial score (nSPS) is 11.8. The Morgan fingerprint density at radius 2 is 2.06 bits per heavy atom. The summed E-state index contributed by atoms with van der Waals surface area (Å²) in [6, 6.07) is 5.20. The van der Waals surface area contributed by atoms with E-state index in [1.54, 1.807) is 12.1 Å². The van der Waals surface area contributed by atoms with Crippen molar-refractivity contribution >= 4 is 22.9 Å². The third-order valence-corrected chi connectivity index (χ3v) is 3.55. The van der Waals surface area contributed by atoms with Crippen LogP contribution in [0.25, 0.3) is 10.7 Å². The van der Waals surface area contributed by atoms with E-state index in [1.807, 2.05) is 26.8 Å². The van der Waals surface area contributed by atoms with Crippen molar-refractivity contribution in [2.24, 2.45) is 0 Å². The maximum atomic E-state index is 11.6. The second-order valence-electron chi connectivity index (χ2n) is 4.83. The van der Waals surface area contributed by atoms with Gasteiger partial charge in [0.15, 0.2) is 5.82 Å².